The molecule has 0 aliphatic rings. The van der Waals surface area contributed by atoms with Gasteiger partial charge in [0.2, 0.25) is 0 Å². The van der Waals surface area contributed by atoms with Gasteiger partial charge in [-0.2, -0.15) is 0 Å². The van der Waals surface area contributed by atoms with Crippen molar-refractivity contribution in [2.24, 2.45) is 0 Å². The average Bonchev–Trinajstić information content (AvgIpc) is 2.01. The Labute approximate surface area is 95.0 Å². The van der Waals surface area contributed by atoms with Gasteiger partial charge >= 0.3 is 0 Å². The fourth-order valence-electron chi connectivity index (χ4n) is 0.454. The van der Waals surface area contributed by atoms with E-state index in [4.69, 9.17) is 14.5 Å². The standard InChI is InChI=1S/C8H18O2.C4H10O/c1-7(2,3)9-10-8(4,5)6;1-3-5-4-2/h1-6H3;3-4H2,1-2H3. The maximum absolute atomic E-state index is 5.09. The molecule has 0 N–H and O–H groups in total. The van der Waals surface area contributed by atoms with Crippen LogP contribution < -0.4 is 0 Å². The van der Waals surface area contributed by atoms with E-state index < -0.39 is 0 Å². The van der Waals surface area contributed by atoms with Crippen LogP contribution in [0, 0.1) is 0 Å². The SMILES string of the molecule is CC(C)(C)OOC(C)(C)C.CCOCC. The van der Waals surface area contributed by atoms with E-state index in [1.165, 1.54) is 0 Å². The van der Waals surface area contributed by atoms with Gasteiger partial charge in [0, 0.05) is 13.2 Å². The highest BCUT2D eigenvalue weighted by Crippen LogP contribution is 2.14. The van der Waals surface area contributed by atoms with Crippen LogP contribution in [0.15, 0.2) is 0 Å². The molecule has 0 aliphatic carbocycles. The summed E-state index contributed by atoms with van der Waals surface area (Å²) in [6.07, 6.45) is 0. The predicted octanol–water partition coefficient (Wildman–Crippen LogP) is 3.57. The molecule has 0 aromatic heterocycles. The van der Waals surface area contributed by atoms with Gasteiger partial charge in [0.15, 0.2) is 0 Å². The molecule has 0 fully saturated rings. The number of ether oxygens (including phenoxy) is 1. The molecule has 0 aromatic carbocycles. The Bertz CT molecular complexity index is 115. The molecule has 0 aromatic rings. The van der Waals surface area contributed by atoms with E-state index >= 15 is 0 Å². The normalized spacial score (nSPS) is 12.0. The minimum absolute atomic E-state index is 0.215. The maximum Gasteiger partial charge on any atom is 0.0952 e. The summed E-state index contributed by atoms with van der Waals surface area (Å²) in [4.78, 5) is 10.2. The summed E-state index contributed by atoms with van der Waals surface area (Å²) in [5.74, 6) is 0. The molecule has 0 unspecified atom stereocenters. The van der Waals surface area contributed by atoms with Crippen molar-refractivity contribution in [2.45, 2.75) is 66.6 Å². The predicted molar refractivity (Wildman–Crippen MR) is 63.8 cm³/mol. The lowest BCUT2D eigenvalue weighted by molar-refractivity contribution is -0.393. The monoisotopic (exact) mass is 220 g/mol. The van der Waals surface area contributed by atoms with Crippen LogP contribution in [-0.2, 0) is 14.5 Å². The molecule has 0 radical (unpaired) electrons. The summed E-state index contributed by atoms with van der Waals surface area (Å²) in [5, 5.41) is 0. The molecular weight excluding hydrogens is 192 g/mol. The van der Waals surface area contributed by atoms with Gasteiger partial charge in [0.25, 0.3) is 0 Å². The van der Waals surface area contributed by atoms with Crippen molar-refractivity contribution in [3.63, 3.8) is 0 Å². The topological polar surface area (TPSA) is 27.7 Å². The first-order valence-electron chi connectivity index (χ1n) is 5.57. The highest BCUT2D eigenvalue weighted by Gasteiger charge is 2.18. The largest absolute Gasteiger partial charge is 0.382 e. The Morgan fingerprint density at radius 2 is 0.933 bits per heavy atom. The van der Waals surface area contributed by atoms with Crippen LogP contribution in [0.2, 0.25) is 0 Å². The summed E-state index contributed by atoms with van der Waals surface area (Å²) >= 11 is 0. The third kappa shape index (κ3) is 24.8. The summed E-state index contributed by atoms with van der Waals surface area (Å²) < 4.78 is 4.83. The van der Waals surface area contributed by atoms with Gasteiger partial charge in [-0.15, -0.1) is 0 Å². The lowest BCUT2D eigenvalue weighted by Gasteiger charge is -2.24. The number of rotatable bonds is 3. The Balaban J connectivity index is 0. The van der Waals surface area contributed by atoms with E-state index in [1.807, 2.05) is 55.4 Å². The van der Waals surface area contributed by atoms with Crippen LogP contribution in [0.4, 0.5) is 0 Å². The minimum atomic E-state index is -0.215. The Morgan fingerprint density at radius 1 is 0.667 bits per heavy atom. The second kappa shape index (κ2) is 8.08. The highest BCUT2D eigenvalue weighted by molar-refractivity contribution is 4.58. The number of hydrogen-bond acceptors (Lipinski definition) is 3. The van der Waals surface area contributed by atoms with Crippen molar-refractivity contribution in [2.75, 3.05) is 13.2 Å². The molecule has 0 aliphatic heterocycles. The van der Waals surface area contributed by atoms with E-state index in [1.54, 1.807) is 0 Å². The van der Waals surface area contributed by atoms with E-state index in [0.717, 1.165) is 13.2 Å². The second-order valence-corrected chi connectivity index (χ2v) is 5.17. The van der Waals surface area contributed by atoms with Gasteiger partial charge < -0.3 is 4.74 Å². The first kappa shape index (κ1) is 17.3. The van der Waals surface area contributed by atoms with Crippen molar-refractivity contribution in [1.82, 2.24) is 0 Å². The molecule has 15 heavy (non-hydrogen) atoms. The van der Waals surface area contributed by atoms with Crippen molar-refractivity contribution >= 4 is 0 Å². The molecule has 0 amide bonds. The fourth-order valence-corrected chi connectivity index (χ4v) is 0.454. The summed E-state index contributed by atoms with van der Waals surface area (Å²) in [7, 11) is 0. The molecule has 0 rings (SSSR count). The lowest BCUT2D eigenvalue weighted by atomic mass is 10.2. The van der Waals surface area contributed by atoms with Crippen molar-refractivity contribution in [3.8, 4) is 0 Å². The minimum Gasteiger partial charge on any atom is -0.382 e. The zero-order chi connectivity index (χ0) is 12.5. The zero-order valence-corrected chi connectivity index (χ0v) is 11.6. The first-order valence-corrected chi connectivity index (χ1v) is 5.57. The molecule has 3 nitrogen and oxygen atoms in total. The van der Waals surface area contributed by atoms with Crippen LogP contribution in [0.1, 0.15) is 55.4 Å². The molecule has 0 saturated carbocycles. The van der Waals surface area contributed by atoms with Crippen LogP contribution in [-0.4, -0.2) is 24.4 Å². The van der Waals surface area contributed by atoms with E-state index in [-0.39, 0.29) is 11.2 Å². The fraction of sp³-hybridized carbons (Fsp3) is 1.00. The maximum atomic E-state index is 5.09. The van der Waals surface area contributed by atoms with Crippen LogP contribution in [0.3, 0.4) is 0 Å². The molecule has 0 bridgehead atoms. The van der Waals surface area contributed by atoms with Crippen LogP contribution in [0.25, 0.3) is 0 Å². The van der Waals surface area contributed by atoms with E-state index in [9.17, 15) is 0 Å². The van der Waals surface area contributed by atoms with Gasteiger partial charge in [-0.05, 0) is 55.4 Å². The van der Waals surface area contributed by atoms with Gasteiger partial charge in [0.05, 0.1) is 11.2 Å². The molecule has 0 atom stereocenters. The van der Waals surface area contributed by atoms with Crippen molar-refractivity contribution in [1.29, 1.82) is 0 Å². The third-order valence-electron chi connectivity index (χ3n) is 0.950. The van der Waals surface area contributed by atoms with Gasteiger partial charge in [-0.1, -0.05) is 0 Å². The van der Waals surface area contributed by atoms with Gasteiger partial charge in [0.1, 0.15) is 0 Å². The third-order valence-corrected chi connectivity index (χ3v) is 0.950. The summed E-state index contributed by atoms with van der Waals surface area (Å²) in [5.41, 5.74) is -0.430. The second-order valence-electron chi connectivity index (χ2n) is 5.17. The molecule has 0 saturated heterocycles. The first-order chi connectivity index (χ1) is 6.62. The molecule has 0 heterocycles. The van der Waals surface area contributed by atoms with Gasteiger partial charge in [-0.25, -0.2) is 9.78 Å². The van der Waals surface area contributed by atoms with E-state index in [0.29, 0.717) is 0 Å². The molecule has 3 heteroatoms. The number of hydrogen-bond donors (Lipinski definition) is 0. The smallest absolute Gasteiger partial charge is 0.0952 e. The lowest BCUT2D eigenvalue weighted by Crippen LogP contribution is -2.27. The van der Waals surface area contributed by atoms with Crippen LogP contribution >= 0.6 is 0 Å². The van der Waals surface area contributed by atoms with Crippen molar-refractivity contribution < 1.29 is 14.5 Å². The molecular formula is C12H28O3. The Hall–Kier alpha value is -0.120. The van der Waals surface area contributed by atoms with Crippen LogP contribution in [0.5, 0.6) is 0 Å². The molecule has 0 spiro atoms. The average molecular weight is 220 g/mol. The Kier molecular flexibility index (Phi) is 9.31. The molecule has 94 valence electrons. The van der Waals surface area contributed by atoms with E-state index in [2.05, 4.69) is 0 Å². The zero-order valence-electron chi connectivity index (χ0n) is 11.6. The Morgan fingerprint density at radius 3 is 1.00 bits per heavy atom. The van der Waals surface area contributed by atoms with Crippen molar-refractivity contribution in [3.05, 3.63) is 0 Å². The highest BCUT2D eigenvalue weighted by atomic mass is 17.2. The quantitative estimate of drug-likeness (QED) is 0.537. The summed E-state index contributed by atoms with van der Waals surface area (Å²) in [6, 6.07) is 0. The summed E-state index contributed by atoms with van der Waals surface area (Å²) in [6.45, 7) is 17.4. The van der Waals surface area contributed by atoms with Gasteiger partial charge in [-0.3, -0.25) is 0 Å².